The third-order valence-corrected chi connectivity index (χ3v) is 22.8. The Labute approximate surface area is 670 Å². The average Bonchev–Trinajstić information content (AvgIpc) is 1.52. The number of aliphatic hydroxyl groups is 12. The Hall–Kier alpha value is -6.16. The molecule has 37 heteroatoms. The molecule has 1 aliphatic carbocycles. The maximum atomic E-state index is 14.7. The number of fused-ring (bicyclic) bond motifs is 1. The largest absolute Gasteiger partial charge is 0.507 e. The molecule has 3 saturated heterocycles. The second kappa shape index (κ2) is 42.7. The van der Waals surface area contributed by atoms with Crippen molar-refractivity contribution in [2.45, 2.75) is 267 Å². The van der Waals surface area contributed by atoms with Crippen LogP contribution in [0.1, 0.15) is 131 Å². The predicted molar refractivity (Wildman–Crippen MR) is 417 cm³/mol. The molecule has 1 saturated carbocycles. The molecule has 2 aromatic rings. The summed E-state index contributed by atoms with van der Waals surface area (Å²) in [5.41, 5.74) is 22.5. The molecule has 115 heavy (non-hydrogen) atoms. The number of carbonyl (C=O) groups excluding carboxylic acids is 4. The van der Waals surface area contributed by atoms with E-state index in [1.165, 1.54) is 27.2 Å². The second-order valence-corrected chi connectivity index (χ2v) is 31.8. The van der Waals surface area contributed by atoms with Gasteiger partial charge in [0.1, 0.15) is 95.8 Å². The van der Waals surface area contributed by atoms with Crippen LogP contribution in [0.2, 0.25) is 0 Å². The van der Waals surface area contributed by atoms with Crippen LogP contribution in [-0.4, -0.2) is 319 Å². The topological polar surface area (TPSA) is 606 Å². The highest BCUT2D eigenvalue weighted by Gasteiger charge is 2.55. The summed E-state index contributed by atoms with van der Waals surface area (Å²) >= 11 is 0. The number of nitrogens with two attached hydrogens (primary N) is 4. The zero-order chi connectivity index (χ0) is 85.6. The minimum atomic E-state index is -1.96. The van der Waals surface area contributed by atoms with Crippen molar-refractivity contribution in [3.05, 3.63) is 58.0 Å². The molecule has 6 heterocycles. The SMILES string of the molecule is CCC(CO)NCCNC(CC)CO.CO[C@H]1/C=C/O[C@@]2(C)Oc3c(C)c(O)c4c(O)c(c5c(c4c3C2=O)=NC2(CCN(CC(C)C)CC2)N=5)NC(=O)/C(C)=C\C=C\[C@H](C)[C@H](O)[C@@H](C)[C@@H](O)[C@@H](C)[C@H](OC(C)=O)[C@@H]1C.NCC[C@H](O)C(=O)N[C@@H]1C[C@H](N)[C@@H](O[C@H]2O[C@H](CN)[C@@H](O)[C@H](O)[C@H]2O)[C@H](O)[C@H]1O[C@H]1O[C@H](CO)[C@@H](O)[C@H](N)[C@H]1O. The molecule has 2 unspecified atom stereocenters. The van der Waals surface area contributed by atoms with Gasteiger partial charge in [-0.25, -0.2) is 0 Å². The fraction of sp³-hybridized carbons (Fsp3) is 0.744. The number of rotatable bonds is 23. The number of aliphatic hydroxyl groups excluding tert-OH is 12. The average molecular weight is 1640 g/mol. The van der Waals surface area contributed by atoms with Crippen LogP contribution in [0.25, 0.3) is 10.8 Å². The minimum Gasteiger partial charge on any atom is -0.507 e. The van der Waals surface area contributed by atoms with E-state index in [0.29, 0.717) is 31.8 Å². The molecule has 7 aliphatic rings. The van der Waals surface area contributed by atoms with Gasteiger partial charge in [0.2, 0.25) is 5.91 Å². The Morgan fingerprint density at radius 2 is 1.35 bits per heavy atom. The fourth-order valence-corrected chi connectivity index (χ4v) is 15.5. The fourth-order valence-electron chi connectivity index (χ4n) is 15.5. The van der Waals surface area contributed by atoms with Crippen molar-refractivity contribution < 1.29 is 129 Å². The van der Waals surface area contributed by atoms with Gasteiger partial charge in [-0.05, 0) is 58.1 Å². The van der Waals surface area contributed by atoms with Crippen LogP contribution in [0.3, 0.4) is 0 Å². The van der Waals surface area contributed by atoms with Crippen LogP contribution in [0, 0.1) is 36.5 Å². The smallest absolute Gasteiger partial charge is 0.312 e. The van der Waals surface area contributed by atoms with Crippen molar-refractivity contribution in [3.63, 3.8) is 0 Å². The lowest BCUT2D eigenvalue weighted by molar-refractivity contribution is -0.332. The first-order chi connectivity index (χ1) is 54.3. The van der Waals surface area contributed by atoms with Crippen molar-refractivity contribution in [1.29, 1.82) is 0 Å². The number of hydrogen-bond donors (Lipinski definition) is 22. The highest BCUT2D eigenvalue weighted by Crippen LogP contribution is 2.50. The van der Waals surface area contributed by atoms with Crippen molar-refractivity contribution >= 4 is 40.0 Å². The molecule has 0 radical (unpaired) electrons. The van der Waals surface area contributed by atoms with E-state index < -0.39 is 193 Å². The van der Waals surface area contributed by atoms with E-state index in [1.54, 1.807) is 65.8 Å². The number of Topliss-reactive ketones (excluding diaryl/α,β-unsaturated/α-hetero) is 1. The van der Waals surface area contributed by atoms with E-state index in [-0.39, 0.29) is 107 Å². The van der Waals surface area contributed by atoms with Gasteiger partial charge in [-0.2, -0.15) is 0 Å². The molecule has 4 fully saturated rings. The van der Waals surface area contributed by atoms with Crippen molar-refractivity contribution in [2.24, 2.45) is 62.5 Å². The van der Waals surface area contributed by atoms with Crippen molar-refractivity contribution in [2.75, 3.05) is 78.1 Å². The van der Waals surface area contributed by atoms with E-state index >= 15 is 0 Å². The number of nitrogens with zero attached hydrogens (tertiary/aromatic N) is 3. The molecule has 26 N–H and O–H groups in total. The van der Waals surface area contributed by atoms with E-state index in [9.17, 15) is 80.5 Å². The molecule has 2 aromatic carbocycles. The number of likely N-dealkylation sites (tertiary alicyclic amines) is 1. The summed E-state index contributed by atoms with van der Waals surface area (Å²) in [6.45, 7) is 24.7. The van der Waals surface area contributed by atoms with Gasteiger partial charge < -0.3 is 158 Å². The van der Waals surface area contributed by atoms with Gasteiger partial charge in [0.25, 0.3) is 11.7 Å². The zero-order valence-electron chi connectivity index (χ0n) is 68.1. The third kappa shape index (κ3) is 22.5. The number of ketones is 1. The highest BCUT2D eigenvalue weighted by atomic mass is 16.7. The maximum absolute atomic E-state index is 14.7. The Kier molecular flexibility index (Phi) is 35.6. The second-order valence-electron chi connectivity index (χ2n) is 31.8. The van der Waals surface area contributed by atoms with E-state index in [4.69, 9.17) is 81.0 Å². The molecule has 0 aromatic heterocycles. The third-order valence-electron chi connectivity index (χ3n) is 22.8. The zero-order valence-corrected chi connectivity index (χ0v) is 68.1. The molecule has 652 valence electrons. The van der Waals surface area contributed by atoms with Gasteiger partial charge in [-0.3, -0.25) is 29.2 Å². The number of allylic oxidation sites excluding steroid dienone is 2. The normalized spacial score (nSPS) is 35.6. The predicted octanol–water partition coefficient (Wildman–Crippen LogP) is -3.97. The molecule has 6 aliphatic heterocycles. The van der Waals surface area contributed by atoms with Crippen LogP contribution < -0.4 is 59.7 Å². The summed E-state index contributed by atoms with van der Waals surface area (Å²) < 4.78 is 46.5. The van der Waals surface area contributed by atoms with E-state index in [1.807, 2.05) is 13.8 Å². The van der Waals surface area contributed by atoms with Crippen molar-refractivity contribution in [1.82, 2.24) is 20.9 Å². The van der Waals surface area contributed by atoms with Crippen LogP contribution in [0.5, 0.6) is 17.2 Å². The first kappa shape index (κ1) is 96.0. The number of methoxy groups -OCH3 is 1. The quantitative estimate of drug-likeness (QED) is 0.0287. The van der Waals surface area contributed by atoms with E-state index in [2.05, 4.69) is 40.0 Å². The first-order valence-corrected chi connectivity index (χ1v) is 39.7. The van der Waals surface area contributed by atoms with Crippen LogP contribution in [0.15, 0.2) is 46.1 Å². The number of aromatic hydroxyl groups is 2. The molecule has 27 atom stereocenters. The van der Waals surface area contributed by atoms with Gasteiger partial charge in [-0.15, -0.1) is 0 Å². The van der Waals surface area contributed by atoms with Gasteiger partial charge in [-0.1, -0.05) is 73.6 Å². The Morgan fingerprint density at radius 3 is 1.91 bits per heavy atom. The summed E-state index contributed by atoms with van der Waals surface area (Å²) in [7, 11) is 1.47. The van der Waals surface area contributed by atoms with Gasteiger partial charge in [0.15, 0.2) is 24.0 Å². The van der Waals surface area contributed by atoms with Crippen LogP contribution in [-0.2, 0) is 47.5 Å². The number of carbonyl (C=O) groups is 4. The van der Waals surface area contributed by atoms with Gasteiger partial charge in [0, 0.05) is 131 Å². The van der Waals surface area contributed by atoms with E-state index in [0.717, 1.165) is 32.5 Å². The van der Waals surface area contributed by atoms with Gasteiger partial charge >= 0.3 is 11.8 Å². The van der Waals surface area contributed by atoms with Gasteiger partial charge in [0.05, 0.1) is 72.8 Å². The highest BCUT2D eigenvalue weighted by molar-refractivity contribution is 6.19. The summed E-state index contributed by atoms with van der Waals surface area (Å²) in [6.07, 6.45) is -12.9. The number of benzene rings is 2. The number of nitrogens with one attached hydrogen (secondary N) is 4. The van der Waals surface area contributed by atoms with Crippen LogP contribution >= 0.6 is 0 Å². The molecular weight excluding hydrogens is 1510 g/mol. The molecule has 4 bridgehead atoms. The molecule has 9 rings (SSSR count). The summed E-state index contributed by atoms with van der Waals surface area (Å²) in [5, 5.41) is 159. The lowest BCUT2D eigenvalue weighted by Gasteiger charge is -2.49. The van der Waals surface area contributed by atoms with Crippen molar-refractivity contribution in [3.8, 4) is 17.2 Å². The lowest BCUT2D eigenvalue weighted by Crippen LogP contribution is -2.69. The summed E-state index contributed by atoms with van der Waals surface area (Å²) in [5.74, 6) is -7.29. The first-order valence-electron chi connectivity index (χ1n) is 39.7. The number of hydrogen-bond acceptors (Lipinski definition) is 35. The summed E-state index contributed by atoms with van der Waals surface area (Å²) in [6, 6.07) is -3.05. The maximum Gasteiger partial charge on any atom is 0.312 e. The number of phenolic OH excluding ortho intramolecular Hbond substituents is 2. The number of anilines is 1. The monoisotopic (exact) mass is 1640 g/mol. The number of piperidine rings is 1. The minimum absolute atomic E-state index is 0.0101. The lowest BCUT2D eigenvalue weighted by atomic mass is 9.78. The summed E-state index contributed by atoms with van der Waals surface area (Å²) in [4.78, 5) is 66.2. The molecule has 37 nitrogen and oxygen atoms in total. The molecule has 1 spiro atoms. The molecule has 2 amide bonds. The number of ether oxygens (including phenoxy) is 8. The standard InChI is InChI=1S/C46H62N4O11.C22H43N5O13.C10H24N2O2/c1-22(2)21-50-18-16-46(17-19-50)48-34-31-32-39(54)28(8)42-33(31)43(56)45(10,61-42)59-20-15-30(58-11)25(5)41(60-29(9)51)27(7)38(53)26(6)37(52)23(3)13-12-14-24(4)44(57)47-36(40(32)55)35(34)49-46;23-2-1-8(29)20(36)27-7-3-6(25)18(39-22-16(34)15(33)13(31)9(4-24)37-22)17(35)19(7)40-21-14(32)11(26)12(30)10(5-28)38-21;1-3-9(7-13)11-5-6-12-10(4-2)8-14/h12-15,20,22-23,25-27,30,37-38,41,52-55H,16-19,21H2,1-11H3,(H,47,57);6-19,21-22,28-35H,1-5,23-26H2,(H,27,36);9-14H,3-8H2,1-2H3/b13-12+,20-15+,24-14-;;/t23-,25+,26+,27+,30-,37-,38+,41+,45-;6-,7+,8-,9+,10+,11-,12+,13+,14+,15-,16+,17-,18+,19-,21+,22+;/m00./s1. The number of phenols is 2. The molecular formula is C78H129N11O26. The number of esters is 1. The number of amides is 2. The van der Waals surface area contributed by atoms with Crippen LogP contribution in [0.4, 0.5) is 5.69 Å². The Balaban J connectivity index is 0.000000289. The Morgan fingerprint density at radius 1 is 0.748 bits per heavy atom. The Bertz CT molecular complexity index is 3760.